The van der Waals surface area contributed by atoms with E-state index in [4.69, 9.17) is 9.47 Å². The fourth-order valence-electron chi connectivity index (χ4n) is 3.44. The number of amides is 1. The number of nitrogens with zero attached hydrogens (tertiary/aromatic N) is 1. The zero-order valence-electron chi connectivity index (χ0n) is 17.4. The molecule has 1 N–H and O–H groups in total. The number of rotatable bonds is 7. The third-order valence-electron chi connectivity index (χ3n) is 4.81. The fraction of sp³-hybridized carbons (Fsp3) is 0.348. The first-order valence-electron chi connectivity index (χ1n) is 10.2. The molecule has 1 heterocycles. The van der Waals surface area contributed by atoms with Gasteiger partial charge >= 0.3 is 5.97 Å². The van der Waals surface area contributed by atoms with Crippen LogP contribution in [0, 0.1) is 11.3 Å². The lowest BCUT2D eigenvalue weighted by atomic mass is 9.95. The molecule has 0 bridgehead atoms. The highest BCUT2D eigenvalue weighted by molar-refractivity contribution is 9.10. The number of fused-ring (bicyclic) bond motifs is 1. The monoisotopic (exact) mass is 502 g/mol. The molecule has 1 aromatic heterocycles. The van der Waals surface area contributed by atoms with E-state index < -0.39 is 11.9 Å². The summed E-state index contributed by atoms with van der Waals surface area (Å²) < 4.78 is 11.4. The molecule has 162 valence electrons. The number of aryl methyl sites for hydroxylation is 1. The van der Waals surface area contributed by atoms with Gasteiger partial charge in [-0.25, -0.2) is 4.79 Å². The first-order chi connectivity index (χ1) is 15.0. The number of hydrogen-bond donors (Lipinski definition) is 1. The van der Waals surface area contributed by atoms with Gasteiger partial charge in [0.1, 0.15) is 22.4 Å². The number of nitriles is 1. The summed E-state index contributed by atoms with van der Waals surface area (Å²) in [6.45, 7) is 4.44. The maximum atomic E-state index is 12.9. The molecule has 0 fully saturated rings. The van der Waals surface area contributed by atoms with Crippen LogP contribution in [-0.2, 0) is 22.4 Å². The number of halogens is 1. The maximum absolute atomic E-state index is 12.9. The molecule has 0 aliphatic heterocycles. The van der Waals surface area contributed by atoms with Crippen LogP contribution in [0.5, 0.6) is 5.75 Å². The van der Waals surface area contributed by atoms with Crippen molar-refractivity contribution in [2.75, 3.05) is 18.5 Å². The van der Waals surface area contributed by atoms with Crippen molar-refractivity contribution >= 4 is 50.2 Å². The number of esters is 1. The topological polar surface area (TPSA) is 88.4 Å². The Kier molecular flexibility index (Phi) is 7.88. The number of thiophene rings is 1. The van der Waals surface area contributed by atoms with Crippen LogP contribution in [0.2, 0.25) is 0 Å². The van der Waals surface area contributed by atoms with Gasteiger partial charge in [-0.1, -0.05) is 6.07 Å². The normalized spacial score (nSPS) is 13.2. The molecule has 1 aliphatic carbocycles. The Hall–Kier alpha value is -2.63. The molecular weight excluding hydrogens is 480 g/mol. The van der Waals surface area contributed by atoms with Gasteiger partial charge in [0.05, 0.1) is 23.2 Å². The molecule has 0 atom stereocenters. The summed E-state index contributed by atoms with van der Waals surface area (Å²) in [6.07, 6.45) is 5.23. The molecule has 1 aliphatic rings. The molecule has 1 aromatic carbocycles. The first-order valence-corrected chi connectivity index (χ1v) is 11.8. The van der Waals surface area contributed by atoms with E-state index in [1.807, 2.05) is 13.0 Å². The third-order valence-corrected chi connectivity index (χ3v) is 6.64. The van der Waals surface area contributed by atoms with Gasteiger partial charge in [0.2, 0.25) is 0 Å². The number of anilines is 1. The van der Waals surface area contributed by atoms with Crippen molar-refractivity contribution in [2.24, 2.45) is 0 Å². The summed E-state index contributed by atoms with van der Waals surface area (Å²) in [7, 11) is 0. The van der Waals surface area contributed by atoms with Crippen LogP contribution in [0.25, 0.3) is 6.08 Å². The standard InChI is InChI=1S/C23H23BrN2O4S/c1-3-29-18-10-9-14(12-17(18)24)11-15(13-25)21(27)26-22-20(23(28)30-4-2)16-7-5-6-8-19(16)31-22/h9-12H,3-8H2,1-2H3,(H,26,27)/b15-11+. The lowest BCUT2D eigenvalue weighted by Gasteiger charge is -2.12. The smallest absolute Gasteiger partial charge is 0.341 e. The minimum Gasteiger partial charge on any atom is -0.493 e. The largest absolute Gasteiger partial charge is 0.493 e. The molecule has 0 spiro atoms. The van der Waals surface area contributed by atoms with Crippen LogP contribution in [0.1, 0.15) is 53.1 Å². The number of hydrogen-bond acceptors (Lipinski definition) is 6. The Labute approximate surface area is 194 Å². The van der Waals surface area contributed by atoms with Gasteiger partial charge < -0.3 is 14.8 Å². The Morgan fingerprint density at radius 2 is 2.03 bits per heavy atom. The molecule has 0 saturated heterocycles. The number of carbonyl (C=O) groups is 2. The van der Waals surface area contributed by atoms with E-state index in [0.29, 0.717) is 28.5 Å². The van der Waals surface area contributed by atoms with Crippen molar-refractivity contribution in [1.29, 1.82) is 5.26 Å². The summed E-state index contributed by atoms with van der Waals surface area (Å²) in [4.78, 5) is 26.5. The van der Waals surface area contributed by atoms with E-state index in [2.05, 4.69) is 21.2 Å². The van der Waals surface area contributed by atoms with Gasteiger partial charge in [-0.15, -0.1) is 11.3 Å². The summed E-state index contributed by atoms with van der Waals surface area (Å²) >= 11 is 4.83. The van der Waals surface area contributed by atoms with E-state index in [1.165, 1.54) is 17.4 Å². The molecule has 0 radical (unpaired) electrons. The Morgan fingerprint density at radius 3 is 2.71 bits per heavy atom. The minimum absolute atomic E-state index is 0.0581. The molecule has 0 unspecified atom stereocenters. The van der Waals surface area contributed by atoms with Crippen molar-refractivity contribution in [1.82, 2.24) is 0 Å². The number of carbonyl (C=O) groups excluding carboxylic acids is 2. The molecule has 0 saturated carbocycles. The molecule has 8 heteroatoms. The molecule has 6 nitrogen and oxygen atoms in total. The average molecular weight is 503 g/mol. The number of ether oxygens (including phenoxy) is 2. The van der Waals surface area contributed by atoms with Gasteiger partial charge in [-0.05, 0) is 84.8 Å². The van der Waals surface area contributed by atoms with Gasteiger partial charge in [0.15, 0.2) is 0 Å². The second-order valence-electron chi connectivity index (χ2n) is 6.88. The highest BCUT2D eigenvalue weighted by atomic mass is 79.9. The second kappa shape index (κ2) is 10.6. The average Bonchev–Trinajstić information content (AvgIpc) is 3.11. The van der Waals surface area contributed by atoms with Crippen molar-refractivity contribution in [3.8, 4) is 11.8 Å². The van der Waals surface area contributed by atoms with Gasteiger partial charge in [0.25, 0.3) is 5.91 Å². The van der Waals surface area contributed by atoms with Gasteiger partial charge in [0, 0.05) is 4.88 Å². The zero-order valence-corrected chi connectivity index (χ0v) is 19.8. The van der Waals surface area contributed by atoms with Crippen LogP contribution >= 0.6 is 27.3 Å². The Morgan fingerprint density at radius 1 is 1.26 bits per heavy atom. The number of nitrogens with one attached hydrogen (secondary N) is 1. The van der Waals surface area contributed by atoms with Gasteiger partial charge in [-0.3, -0.25) is 4.79 Å². The third kappa shape index (κ3) is 5.35. The quantitative estimate of drug-likeness (QED) is 0.306. The van der Waals surface area contributed by atoms with E-state index >= 15 is 0 Å². The maximum Gasteiger partial charge on any atom is 0.341 e. The van der Waals surface area contributed by atoms with Crippen LogP contribution < -0.4 is 10.1 Å². The van der Waals surface area contributed by atoms with Crippen LogP contribution in [0.3, 0.4) is 0 Å². The van der Waals surface area contributed by atoms with Crippen molar-refractivity contribution < 1.29 is 19.1 Å². The van der Waals surface area contributed by atoms with Crippen molar-refractivity contribution in [2.45, 2.75) is 39.5 Å². The van der Waals surface area contributed by atoms with E-state index in [-0.39, 0.29) is 12.2 Å². The first kappa shape index (κ1) is 23.0. The molecule has 1 amide bonds. The van der Waals surface area contributed by atoms with Crippen LogP contribution in [0.4, 0.5) is 5.00 Å². The van der Waals surface area contributed by atoms with Crippen molar-refractivity contribution in [3.63, 3.8) is 0 Å². The zero-order chi connectivity index (χ0) is 22.4. The minimum atomic E-state index is -0.559. The summed E-state index contributed by atoms with van der Waals surface area (Å²) in [6, 6.07) is 7.29. The van der Waals surface area contributed by atoms with Crippen LogP contribution in [-0.4, -0.2) is 25.1 Å². The molecule has 31 heavy (non-hydrogen) atoms. The lowest BCUT2D eigenvalue weighted by molar-refractivity contribution is -0.112. The molecular formula is C23H23BrN2O4S. The fourth-order valence-corrected chi connectivity index (χ4v) is 5.22. The Balaban J connectivity index is 1.88. The molecule has 2 aromatic rings. The highest BCUT2D eigenvalue weighted by Gasteiger charge is 2.27. The summed E-state index contributed by atoms with van der Waals surface area (Å²) in [5.41, 5.74) is 2.01. The van der Waals surface area contributed by atoms with E-state index in [1.54, 1.807) is 25.1 Å². The highest BCUT2D eigenvalue weighted by Crippen LogP contribution is 2.39. The van der Waals surface area contributed by atoms with Gasteiger partial charge in [-0.2, -0.15) is 5.26 Å². The summed E-state index contributed by atoms with van der Waals surface area (Å²) in [5.74, 6) is -0.308. The summed E-state index contributed by atoms with van der Waals surface area (Å²) in [5, 5.41) is 12.8. The molecule has 3 rings (SSSR count). The lowest BCUT2D eigenvalue weighted by Crippen LogP contribution is -2.16. The van der Waals surface area contributed by atoms with E-state index in [0.717, 1.165) is 40.6 Å². The predicted octanol–water partition coefficient (Wildman–Crippen LogP) is 5.51. The predicted molar refractivity (Wildman–Crippen MR) is 124 cm³/mol. The van der Waals surface area contributed by atoms with Crippen LogP contribution in [0.15, 0.2) is 28.2 Å². The van der Waals surface area contributed by atoms with E-state index in [9.17, 15) is 14.9 Å². The second-order valence-corrected chi connectivity index (χ2v) is 8.84. The Bertz CT molecular complexity index is 1070. The SMILES string of the molecule is CCOC(=O)c1c(NC(=O)/C(C#N)=C/c2ccc(OCC)c(Br)c2)sc2c1CCCC2. The number of benzene rings is 1. The van der Waals surface area contributed by atoms with Crippen molar-refractivity contribution in [3.05, 3.63) is 49.8 Å².